The van der Waals surface area contributed by atoms with Gasteiger partial charge in [-0.2, -0.15) is 12.7 Å². The summed E-state index contributed by atoms with van der Waals surface area (Å²) in [5, 5.41) is 9.20. The Hall–Kier alpha value is -3.11. The normalized spacial score (nSPS) is 16.6. The predicted octanol–water partition coefficient (Wildman–Crippen LogP) is 3.47. The molecule has 1 atom stereocenters. The summed E-state index contributed by atoms with van der Waals surface area (Å²) in [7, 11) is -2.78. The molecule has 1 aliphatic heterocycles. The summed E-state index contributed by atoms with van der Waals surface area (Å²) in [6.07, 6.45) is 4.17. The zero-order valence-corrected chi connectivity index (χ0v) is 19.9. The first-order chi connectivity index (χ1) is 16.3. The highest BCUT2D eigenvalue weighted by Crippen LogP contribution is 2.27. The van der Waals surface area contributed by atoms with Crippen LogP contribution in [0.2, 0.25) is 0 Å². The van der Waals surface area contributed by atoms with Crippen LogP contribution in [0.1, 0.15) is 48.0 Å². The van der Waals surface area contributed by atoms with Crippen molar-refractivity contribution in [3.05, 3.63) is 59.7 Å². The van der Waals surface area contributed by atoms with Crippen molar-refractivity contribution in [2.24, 2.45) is 0 Å². The van der Waals surface area contributed by atoms with Gasteiger partial charge in [-0.3, -0.25) is 9.52 Å². The van der Waals surface area contributed by atoms with E-state index in [1.807, 2.05) is 18.2 Å². The van der Waals surface area contributed by atoms with Gasteiger partial charge in [-0.25, -0.2) is 4.79 Å². The Labute approximate surface area is 199 Å². The minimum atomic E-state index is -4.08. The largest absolute Gasteiger partial charge is 0.496 e. The molecule has 2 aromatic carbocycles. The number of unbranched alkanes of at least 4 members (excludes halogenated alkanes) is 1. The lowest BCUT2D eigenvalue weighted by Crippen LogP contribution is -2.50. The van der Waals surface area contributed by atoms with Gasteiger partial charge in [0.2, 0.25) is 0 Å². The Bertz CT molecular complexity index is 1090. The van der Waals surface area contributed by atoms with Gasteiger partial charge in [0.05, 0.1) is 19.4 Å². The van der Waals surface area contributed by atoms with Crippen molar-refractivity contribution in [1.82, 2.24) is 4.31 Å². The van der Waals surface area contributed by atoms with E-state index in [1.54, 1.807) is 0 Å². The van der Waals surface area contributed by atoms with Gasteiger partial charge in [-0.1, -0.05) is 30.3 Å². The number of ether oxygens (including phenoxy) is 2. The second kappa shape index (κ2) is 11.8. The van der Waals surface area contributed by atoms with Crippen molar-refractivity contribution in [1.29, 1.82) is 0 Å². The third-order valence-corrected chi connectivity index (χ3v) is 7.21. The topological polar surface area (TPSA) is 122 Å². The first-order valence-electron chi connectivity index (χ1n) is 11.2. The smallest absolute Gasteiger partial charge is 0.339 e. The average molecular weight is 491 g/mol. The van der Waals surface area contributed by atoms with E-state index in [4.69, 9.17) is 9.47 Å². The number of carboxylic acid groups (broad SMARTS) is 1. The number of aromatic carboxylic acids is 1. The number of hydrogen-bond acceptors (Lipinski definition) is 6. The van der Waals surface area contributed by atoms with Crippen molar-refractivity contribution in [2.75, 3.05) is 25.0 Å². The number of carboxylic acids is 1. The van der Waals surface area contributed by atoms with Crippen LogP contribution in [0.3, 0.4) is 0 Å². The van der Waals surface area contributed by atoms with Crippen LogP contribution in [0.15, 0.2) is 48.5 Å². The predicted molar refractivity (Wildman–Crippen MR) is 127 cm³/mol. The summed E-state index contributed by atoms with van der Waals surface area (Å²) in [4.78, 5) is 24.0. The fourth-order valence-electron chi connectivity index (χ4n) is 3.91. The number of nitrogens with one attached hydrogen (secondary N) is 1. The molecular weight excluding hydrogens is 460 g/mol. The molecule has 3 rings (SSSR count). The van der Waals surface area contributed by atoms with Gasteiger partial charge in [0.1, 0.15) is 17.4 Å². The van der Waals surface area contributed by atoms with E-state index in [2.05, 4.69) is 16.9 Å². The van der Waals surface area contributed by atoms with Crippen LogP contribution >= 0.6 is 0 Å². The number of methoxy groups -OCH3 is 1. The molecule has 0 aliphatic carbocycles. The number of aryl methyl sites for hydroxylation is 1. The number of nitrogens with zero attached hydrogens (tertiary/aromatic N) is 1. The standard InChI is InChI=1S/C24H30N2O7S/c1-32-22-17-19(13-14-20(22)23(27)28)25-34(30,31)26-15-7-5-12-21(26)24(29)33-16-8-6-11-18-9-3-2-4-10-18/h2-4,9-10,13-14,17,21,25H,5-8,11-12,15-16H2,1H3,(H,27,28)/t21-/m0/s1. The highest BCUT2D eigenvalue weighted by atomic mass is 32.2. The monoisotopic (exact) mass is 490 g/mol. The van der Waals surface area contributed by atoms with Gasteiger partial charge in [0.25, 0.3) is 0 Å². The molecule has 1 saturated heterocycles. The zero-order valence-electron chi connectivity index (χ0n) is 19.1. The minimum Gasteiger partial charge on any atom is -0.496 e. The Kier molecular flexibility index (Phi) is 8.89. The van der Waals surface area contributed by atoms with Gasteiger partial charge in [0.15, 0.2) is 0 Å². The summed E-state index contributed by atoms with van der Waals surface area (Å²) in [5.74, 6) is -1.71. The lowest BCUT2D eigenvalue weighted by Gasteiger charge is -2.33. The number of rotatable bonds is 11. The molecule has 0 amide bonds. The maximum absolute atomic E-state index is 13.1. The third-order valence-electron chi connectivity index (χ3n) is 5.66. The minimum absolute atomic E-state index is 0.0257. The molecule has 0 spiro atoms. The van der Waals surface area contributed by atoms with Crippen molar-refractivity contribution >= 4 is 27.8 Å². The summed E-state index contributed by atoms with van der Waals surface area (Å²) < 4.78 is 40.2. The second-order valence-corrected chi connectivity index (χ2v) is 9.68. The maximum atomic E-state index is 13.1. The first kappa shape index (κ1) is 25.5. The fourth-order valence-corrected chi connectivity index (χ4v) is 5.35. The van der Waals surface area contributed by atoms with E-state index >= 15 is 0 Å². The highest BCUT2D eigenvalue weighted by Gasteiger charge is 2.38. The van der Waals surface area contributed by atoms with Crippen molar-refractivity contribution in [3.63, 3.8) is 0 Å². The summed E-state index contributed by atoms with van der Waals surface area (Å²) >= 11 is 0. The lowest BCUT2D eigenvalue weighted by molar-refractivity contribution is -0.149. The zero-order chi connectivity index (χ0) is 24.6. The molecule has 34 heavy (non-hydrogen) atoms. The number of esters is 1. The molecule has 1 heterocycles. The highest BCUT2D eigenvalue weighted by molar-refractivity contribution is 7.90. The number of carbonyl (C=O) groups excluding carboxylic acids is 1. The van der Waals surface area contributed by atoms with Gasteiger partial charge in [-0.05, 0) is 56.2 Å². The van der Waals surface area contributed by atoms with Crippen LogP contribution in [-0.4, -0.2) is 56.1 Å². The quantitative estimate of drug-likeness (QED) is 0.365. The van der Waals surface area contributed by atoms with Crippen molar-refractivity contribution in [2.45, 2.75) is 44.6 Å². The molecule has 9 nitrogen and oxygen atoms in total. The van der Waals surface area contributed by atoms with Crippen molar-refractivity contribution in [3.8, 4) is 5.75 Å². The molecule has 0 unspecified atom stereocenters. The summed E-state index contributed by atoms with van der Waals surface area (Å²) in [5.41, 5.74) is 1.27. The fraction of sp³-hybridized carbons (Fsp3) is 0.417. The molecule has 0 radical (unpaired) electrons. The summed E-state index contributed by atoms with van der Waals surface area (Å²) in [6.45, 7) is 0.421. The second-order valence-electron chi connectivity index (χ2n) is 8.06. The van der Waals surface area contributed by atoms with Crippen LogP contribution in [0.25, 0.3) is 0 Å². The van der Waals surface area contributed by atoms with E-state index in [0.717, 1.165) is 23.6 Å². The number of piperidine rings is 1. The molecule has 184 valence electrons. The van der Waals surface area contributed by atoms with Gasteiger partial charge in [0, 0.05) is 12.6 Å². The Morgan fingerprint density at radius 3 is 2.59 bits per heavy atom. The van der Waals surface area contributed by atoms with Gasteiger partial charge >= 0.3 is 22.1 Å². The van der Waals surface area contributed by atoms with Crippen LogP contribution in [0, 0.1) is 0 Å². The van der Waals surface area contributed by atoms with Crippen LogP contribution < -0.4 is 9.46 Å². The van der Waals surface area contributed by atoms with E-state index < -0.39 is 28.2 Å². The number of carbonyl (C=O) groups is 2. The molecule has 1 aliphatic rings. The molecule has 2 aromatic rings. The van der Waals surface area contributed by atoms with E-state index in [0.29, 0.717) is 19.3 Å². The summed E-state index contributed by atoms with van der Waals surface area (Å²) in [6, 6.07) is 13.0. The SMILES string of the molecule is COc1cc(NS(=O)(=O)N2CCCC[C@H]2C(=O)OCCCCc2ccccc2)ccc1C(=O)O. The first-order valence-corrected chi connectivity index (χ1v) is 12.7. The number of anilines is 1. The molecule has 0 saturated carbocycles. The average Bonchev–Trinajstić information content (AvgIpc) is 2.84. The molecule has 0 aromatic heterocycles. The van der Waals surface area contributed by atoms with Crippen molar-refractivity contribution < 1.29 is 32.6 Å². The molecule has 0 bridgehead atoms. The number of hydrogen-bond donors (Lipinski definition) is 2. The Morgan fingerprint density at radius 2 is 1.88 bits per heavy atom. The molecule has 1 fully saturated rings. The van der Waals surface area contributed by atoms with Crippen LogP contribution in [0.5, 0.6) is 5.75 Å². The van der Waals surface area contributed by atoms with Crippen LogP contribution in [0.4, 0.5) is 5.69 Å². The maximum Gasteiger partial charge on any atom is 0.339 e. The van der Waals surface area contributed by atoms with Crippen LogP contribution in [-0.2, 0) is 26.2 Å². The molecule has 10 heteroatoms. The van der Waals surface area contributed by atoms with Gasteiger partial charge < -0.3 is 14.6 Å². The number of benzene rings is 2. The Balaban J connectivity index is 1.59. The Morgan fingerprint density at radius 1 is 1.12 bits per heavy atom. The third kappa shape index (κ3) is 6.71. The van der Waals surface area contributed by atoms with Gasteiger partial charge in [-0.15, -0.1) is 0 Å². The van der Waals surface area contributed by atoms with E-state index in [9.17, 15) is 23.1 Å². The lowest BCUT2D eigenvalue weighted by atomic mass is 10.1. The molecular formula is C24H30N2O7S. The van der Waals surface area contributed by atoms with E-state index in [1.165, 1.54) is 30.9 Å². The molecule has 2 N–H and O–H groups in total. The van der Waals surface area contributed by atoms with E-state index in [-0.39, 0.29) is 30.2 Å².